The van der Waals surface area contributed by atoms with E-state index in [-0.39, 0.29) is 0 Å². The van der Waals surface area contributed by atoms with Crippen molar-refractivity contribution in [1.29, 1.82) is 0 Å². The second-order valence-electron chi connectivity index (χ2n) is 3.07. The molecule has 1 amide bonds. The predicted octanol–water partition coefficient (Wildman–Crippen LogP) is -0.179. The van der Waals surface area contributed by atoms with Gasteiger partial charge in [-0.1, -0.05) is 13.0 Å². The molecule has 0 saturated heterocycles. The second kappa shape index (κ2) is 6.10. The van der Waals surface area contributed by atoms with Crippen LogP contribution in [0, 0.1) is 10.1 Å². The van der Waals surface area contributed by atoms with Gasteiger partial charge in [-0.3, -0.25) is 14.9 Å². The number of rotatable bonds is 6. The molecule has 0 spiro atoms. The largest absolute Gasteiger partial charge is 0.368 e. The van der Waals surface area contributed by atoms with Gasteiger partial charge >= 0.3 is 0 Å². The normalized spacial score (nSPS) is 15.8. The first-order chi connectivity index (χ1) is 6.93. The summed E-state index contributed by atoms with van der Waals surface area (Å²) in [5, 5.41) is 19.1. The summed E-state index contributed by atoms with van der Waals surface area (Å²) in [6.07, 6.45) is 1.68. The summed E-state index contributed by atoms with van der Waals surface area (Å²) >= 11 is 0. The fraction of sp³-hybridized carbons (Fsp3) is 0.625. The highest BCUT2D eigenvalue weighted by Gasteiger charge is 2.20. The van der Waals surface area contributed by atoms with E-state index in [0.29, 0.717) is 12.0 Å². The topological polar surface area (TPSA) is 118 Å². The first-order valence-corrected chi connectivity index (χ1v) is 4.47. The van der Waals surface area contributed by atoms with Crippen LogP contribution in [-0.4, -0.2) is 28.1 Å². The average molecular weight is 217 g/mol. The molecule has 0 heterocycles. The summed E-state index contributed by atoms with van der Waals surface area (Å²) in [7, 11) is 0. The minimum Gasteiger partial charge on any atom is -0.368 e. The Morgan fingerprint density at radius 1 is 1.73 bits per heavy atom. The van der Waals surface area contributed by atoms with Crippen molar-refractivity contribution in [2.24, 2.45) is 5.73 Å². The monoisotopic (exact) mass is 217 g/mol. The van der Waals surface area contributed by atoms with Crippen LogP contribution in [0.2, 0.25) is 0 Å². The van der Waals surface area contributed by atoms with Crippen LogP contribution >= 0.6 is 0 Å². The zero-order chi connectivity index (χ0) is 12.0. The quantitative estimate of drug-likeness (QED) is 0.324. The van der Waals surface area contributed by atoms with E-state index < -0.39 is 22.9 Å². The molecule has 0 aliphatic rings. The third kappa shape index (κ3) is 4.05. The van der Waals surface area contributed by atoms with Crippen molar-refractivity contribution in [2.45, 2.75) is 32.4 Å². The average Bonchev–Trinajstić information content (AvgIpc) is 2.18. The van der Waals surface area contributed by atoms with Gasteiger partial charge in [0.1, 0.15) is 6.04 Å². The number of nitrogens with zero attached hydrogens (tertiary/aromatic N) is 1. The van der Waals surface area contributed by atoms with Crippen LogP contribution in [0.4, 0.5) is 0 Å². The number of hydrogen-bond donors (Lipinski definition) is 3. The Kier molecular flexibility index (Phi) is 5.50. The molecular weight excluding hydrogens is 202 g/mol. The fourth-order valence-corrected chi connectivity index (χ4v) is 1.09. The lowest BCUT2D eigenvalue weighted by molar-refractivity contribution is -0.508. The van der Waals surface area contributed by atoms with E-state index in [1.807, 2.05) is 0 Å². The Morgan fingerprint density at radius 2 is 2.27 bits per heavy atom. The molecule has 2 atom stereocenters. The number of carbonyl (C=O) groups excluding carboxylic acids is 1. The molecule has 0 aliphatic heterocycles. The zero-order valence-electron chi connectivity index (χ0n) is 8.64. The summed E-state index contributed by atoms with van der Waals surface area (Å²) in [6, 6.07) is -1.99. The van der Waals surface area contributed by atoms with Gasteiger partial charge in [0.05, 0.1) is 0 Å². The van der Waals surface area contributed by atoms with Crippen LogP contribution in [-0.2, 0) is 4.79 Å². The van der Waals surface area contributed by atoms with E-state index >= 15 is 0 Å². The van der Waals surface area contributed by atoms with Crippen LogP contribution < -0.4 is 11.2 Å². The van der Waals surface area contributed by atoms with E-state index in [2.05, 4.69) is 0 Å². The number of amides is 1. The van der Waals surface area contributed by atoms with Gasteiger partial charge < -0.3 is 10.9 Å². The second-order valence-corrected chi connectivity index (χ2v) is 3.07. The van der Waals surface area contributed by atoms with E-state index in [1.165, 1.54) is 13.0 Å². The fourth-order valence-electron chi connectivity index (χ4n) is 1.09. The molecule has 0 aromatic heterocycles. The minimum absolute atomic E-state index is 0.410. The van der Waals surface area contributed by atoms with Crippen LogP contribution in [0.25, 0.3) is 0 Å². The molecule has 7 heteroatoms. The molecule has 0 saturated carbocycles. The number of primary amides is 1. The Balaban J connectivity index is 4.85. The summed E-state index contributed by atoms with van der Waals surface area (Å²) in [4.78, 5) is 20.8. The molecule has 15 heavy (non-hydrogen) atoms. The van der Waals surface area contributed by atoms with Gasteiger partial charge in [-0.15, -0.1) is 0 Å². The van der Waals surface area contributed by atoms with Crippen molar-refractivity contribution in [3.05, 3.63) is 21.8 Å². The highest BCUT2D eigenvalue weighted by atomic mass is 16.6. The molecule has 0 rings (SSSR count). The lowest BCUT2D eigenvalue weighted by Gasteiger charge is -2.11. The van der Waals surface area contributed by atoms with E-state index in [1.54, 1.807) is 12.4 Å². The summed E-state index contributed by atoms with van der Waals surface area (Å²) in [5.41, 5.74) is 7.07. The Labute approximate surface area is 87.1 Å². The molecule has 0 aliphatic carbocycles. The molecular formula is C8H15N3O4. The standard InChI is InChI=1S/C8H15N3O4/c1-3-6(5(2)11(14)15)4-7(10-13)8(9)12/h4-5,7,10,13H,3H2,1-2H3,(H2,9,12)/b6-4+. The SMILES string of the molecule is CC/C(=C\C(NO)C(N)=O)C(C)[N+](=O)[O-]. The third-order valence-electron chi connectivity index (χ3n) is 2.09. The molecule has 0 fully saturated rings. The lowest BCUT2D eigenvalue weighted by atomic mass is 10.0. The van der Waals surface area contributed by atoms with Crippen molar-refractivity contribution in [3.8, 4) is 0 Å². The molecule has 7 nitrogen and oxygen atoms in total. The van der Waals surface area contributed by atoms with Crippen molar-refractivity contribution in [2.75, 3.05) is 0 Å². The lowest BCUT2D eigenvalue weighted by Crippen LogP contribution is -2.38. The highest BCUT2D eigenvalue weighted by Crippen LogP contribution is 2.10. The molecule has 0 bridgehead atoms. The molecule has 0 aromatic carbocycles. The van der Waals surface area contributed by atoms with Gasteiger partial charge in [0.15, 0.2) is 0 Å². The van der Waals surface area contributed by atoms with Gasteiger partial charge in [0.2, 0.25) is 11.9 Å². The first-order valence-electron chi connectivity index (χ1n) is 4.47. The van der Waals surface area contributed by atoms with Crippen LogP contribution in [0.3, 0.4) is 0 Å². The predicted molar refractivity (Wildman–Crippen MR) is 52.7 cm³/mol. The summed E-state index contributed by atoms with van der Waals surface area (Å²) in [6.45, 7) is 3.13. The number of nitrogens with one attached hydrogen (secondary N) is 1. The molecule has 86 valence electrons. The van der Waals surface area contributed by atoms with E-state index in [9.17, 15) is 14.9 Å². The number of hydroxylamine groups is 1. The van der Waals surface area contributed by atoms with Crippen LogP contribution in [0.15, 0.2) is 11.6 Å². The van der Waals surface area contributed by atoms with E-state index in [0.717, 1.165) is 0 Å². The summed E-state index contributed by atoms with van der Waals surface area (Å²) in [5.74, 6) is -0.793. The van der Waals surface area contributed by atoms with Gasteiger partial charge in [-0.05, 0) is 6.42 Å². The maximum absolute atomic E-state index is 10.8. The molecule has 4 N–H and O–H groups in total. The molecule has 2 unspecified atom stereocenters. The Hall–Kier alpha value is -1.47. The van der Waals surface area contributed by atoms with Crippen LogP contribution in [0.1, 0.15) is 20.3 Å². The number of carbonyl (C=O) groups is 1. The maximum Gasteiger partial charge on any atom is 0.240 e. The smallest absolute Gasteiger partial charge is 0.240 e. The molecule has 0 radical (unpaired) electrons. The van der Waals surface area contributed by atoms with Gasteiger partial charge in [0, 0.05) is 17.4 Å². The third-order valence-corrected chi connectivity index (χ3v) is 2.09. The van der Waals surface area contributed by atoms with Gasteiger partial charge in [-0.25, -0.2) is 0 Å². The number of hydrogen-bond acceptors (Lipinski definition) is 5. The summed E-state index contributed by atoms with van der Waals surface area (Å²) < 4.78 is 0. The van der Waals surface area contributed by atoms with Crippen LogP contribution in [0.5, 0.6) is 0 Å². The Morgan fingerprint density at radius 3 is 2.53 bits per heavy atom. The highest BCUT2D eigenvalue weighted by molar-refractivity contribution is 5.81. The van der Waals surface area contributed by atoms with Crippen molar-refractivity contribution >= 4 is 5.91 Å². The van der Waals surface area contributed by atoms with E-state index in [4.69, 9.17) is 10.9 Å². The Bertz CT molecular complexity index is 277. The maximum atomic E-state index is 10.8. The molecule has 0 aromatic rings. The number of nitro groups is 1. The van der Waals surface area contributed by atoms with Crippen molar-refractivity contribution < 1.29 is 14.9 Å². The van der Waals surface area contributed by atoms with Gasteiger partial charge in [-0.2, -0.15) is 5.48 Å². The minimum atomic E-state index is -1.10. The van der Waals surface area contributed by atoms with Crippen molar-refractivity contribution in [3.63, 3.8) is 0 Å². The van der Waals surface area contributed by atoms with Crippen molar-refractivity contribution in [1.82, 2.24) is 5.48 Å². The zero-order valence-corrected chi connectivity index (χ0v) is 8.64. The van der Waals surface area contributed by atoms with Gasteiger partial charge in [0.25, 0.3) is 0 Å². The first kappa shape index (κ1) is 13.5. The number of nitrogens with two attached hydrogens (primary N) is 1.